The lowest BCUT2D eigenvalue weighted by molar-refractivity contribution is 0.0346. The molecule has 0 spiro atoms. The Hall–Kier alpha value is -1.91. The van der Waals surface area contributed by atoms with Gasteiger partial charge in [-0.05, 0) is 45.4 Å². The molecule has 0 bridgehead atoms. The van der Waals surface area contributed by atoms with Crippen LogP contribution in [0.2, 0.25) is 0 Å². The van der Waals surface area contributed by atoms with E-state index in [1.807, 2.05) is 6.92 Å². The van der Waals surface area contributed by atoms with Gasteiger partial charge < -0.3 is 20.1 Å². The van der Waals surface area contributed by atoms with Crippen molar-refractivity contribution in [3.8, 4) is 6.07 Å². The van der Waals surface area contributed by atoms with Gasteiger partial charge in [0.2, 0.25) is 5.95 Å². The minimum atomic E-state index is 0.199. The highest BCUT2D eigenvalue weighted by atomic mass is 16.5. The molecule has 1 aliphatic carbocycles. The molecule has 136 valence electrons. The summed E-state index contributed by atoms with van der Waals surface area (Å²) in [4.78, 5) is 8.85. The summed E-state index contributed by atoms with van der Waals surface area (Å²) in [6.45, 7) is 4.28. The molecule has 2 fully saturated rings. The van der Waals surface area contributed by atoms with Crippen molar-refractivity contribution in [3.63, 3.8) is 0 Å². The second kappa shape index (κ2) is 8.97. The summed E-state index contributed by atoms with van der Waals surface area (Å²) in [5.41, 5.74) is 0.469. The Labute approximate surface area is 149 Å². The van der Waals surface area contributed by atoms with Gasteiger partial charge in [-0.15, -0.1) is 0 Å². The van der Waals surface area contributed by atoms with Crippen LogP contribution in [0, 0.1) is 11.3 Å². The molecule has 1 aromatic rings. The van der Waals surface area contributed by atoms with Gasteiger partial charge >= 0.3 is 0 Å². The van der Waals surface area contributed by atoms with Crippen LogP contribution in [0.25, 0.3) is 0 Å². The molecular weight excluding hydrogens is 318 g/mol. The first-order valence-electron chi connectivity index (χ1n) is 9.28. The van der Waals surface area contributed by atoms with Gasteiger partial charge in [0.05, 0.1) is 24.9 Å². The predicted molar refractivity (Wildman–Crippen MR) is 95.5 cm³/mol. The summed E-state index contributed by atoms with van der Waals surface area (Å²) in [7, 11) is 0. The number of rotatable bonds is 6. The number of nitrogens with zero attached hydrogens (tertiary/aromatic N) is 3. The SMILES string of the molecule is CCOC1CCC(Nc2ncc(C#N)c(N[C@H]3CCCOC3)n2)CC1. The van der Waals surface area contributed by atoms with Crippen molar-refractivity contribution in [3.05, 3.63) is 11.8 Å². The highest BCUT2D eigenvalue weighted by molar-refractivity contribution is 5.54. The zero-order chi connectivity index (χ0) is 17.5. The second-order valence-corrected chi connectivity index (χ2v) is 6.70. The van der Waals surface area contributed by atoms with Gasteiger partial charge in [-0.3, -0.25) is 0 Å². The lowest BCUT2D eigenvalue weighted by atomic mass is 9.93. The molecule has 2 aliphatic rings. The van der Waals surface area contributed by atoms with Gasteiger partial charge in [-0.2, -0.15) is 10.2 Å². The minimum Gasteiger partial charge on any atom is -0.379 e. The molecule has 0 aromatic carbocycles. The molecule has 2 heterocycles. The number of aromatic nitrogens is 2. The standard InChI is InChI=1S/C18H27N5O2/c1-2-25-16-7-5-14(6-8-16)22-18-20-11-13(10-19)17(23-18)21-15-4-3-9-24-12-15/h11,14-16H,2-9,12H2,1H3,(H2,20,21,22,23)/t14?,15-,16?/m0/s1. The molecule has 0 amide bonds. The number of ether oxygens (including phenoxy) is 2. The van der Waals surface area contributed by atoms with Crippen LogP contribution in [0.5, 0.6) is 0 Å². The fourth-order valence-electron chi connectivity index (χ4n) is 3.48. The van der Waals surface area contributed by atoms with Crippen LogP contribution in [0.3, 0.4) is 0 Å². The quantitative estimate of drug-likeness (QED) is 0.819. The maximum atomic E-state index is 9.30. The summed E-state index contributed by atoms with van der Waals surface area (Å²) in [5, 5.41) is 16.1. The van der Waals surface area contributed by atoms with Crippen LogP contribution in [-0.4, -0.2) is 48.0 Å². The molecule has 7 heteroatoms. The first kappa shape index (κ1) is 17.9. The van der Waals surface area contributed by atoms with E-state index in [2.05, 4.69) is 26.7 Å². The Bertz CT molecular complexity index is 590. The van der Waals surface area contributed by atoms with E-state index < -0.39 is 0 Å². The van der Waals surface area contributed by atoms with E-state index in [0.29, 0.717) is 36.1 Å². The molecule has 0 unspecified atom stereocenters. The summed E-state index contributed by atoms with van der Waals surface area (Å²) >= 11 is 0. The van der Waals surface area contributed by atoms with E-state index in [0.717, 1.165) is 51.7 Å². The van der Waals surface area contributed by atoms with E-state index in [9.17, 15) is 5.26 Å². The molecule has 3 rings (SSSR count). The first-order valence-corrected chi connectivity index (χ1v) is 9.28. The van der Waals surface area contributed by atoms with Gasteiger partial charge in [0.15, 0.2) is 0 Å². The summed E-state index contributed by atoms with van der Waals surface area (Å²) in [5.74, 6) is 1.18. The third-order valence-corrected chi connectivity index (χ3v) is 4.82. The smallest absolute Gasteiger partial charge is 0.224 e. The fourth-order valence-corrected chi connectivity index (χ4v) is 3.48. The Balaban J connectivity index is 1.60. The van der Waals surface area contributed by atoms with Gasteiger partial charge in [-0.25, -0.2) is 4.98 Å². The van der Waals surface area contributed by atoms with E-state index in [1.54, 1.807) is 6.20 Å². The van der Waals surface area contributed by atoms with Crippen molar-refractivity contribution in [2.24, 2.45) is 0 Å². The Morgan fingerprint density at radius 1 is 1.24 bits per heavy atom. The Morgan fingerprint density at radius 2 is 2.08 bits per heavy atom. The topological polar surface area (TPSA) is 92.1 Å². The summed E-state index contributed by atoms with van der Waals surface area (Å²) in [6.07, 6.45) is 8.25. The lowest BCUT2D eigenvalue weighted by Crippen LogP contribution is -2.32. The van der Waals surface area contributed by atoms with E-state index in [-0.39, 0.29) is 6.04 Å². The second-order valence-electron chi connectivity index (χ2n) is 6.70. The van der Waals surface area contributed by atoms with E-state index in [4.69, 9.17) is 9.47 Å². The number of hydrogen-bond acceptors (Lipinski definition) is 7. The molecule has 1 saturated heterocycles. The molecule has 0 radical (unpaired) electrons. The highest BCUT2D eigenvalue weighted by Crippen LogP contribution is 2.24. The van der Waals surface area contributed by atoms with Gasteiger partial charge in [0.1, 0.15) is 17.5 Å². The molecule has 2 N–H and O–H groups in total. The molecule has 25 heavy (non-hydrogen) atoms. The van der Waals surface area contributed by atoms with Crippen molar-refractivity contribution in [2.75, 3.05) is 30.5 Å². The third kappa shape index (κ3) is 5.03. The predicted octanol–water partition coefficient (Wildman–Crippen LogP) is 2.70. The van der Waals surface area contributed by atoms with Crippen molar-refractivity contribution < 1.29 is 9.47 Å². The van der Waals surface area contributed by atoms with Crippen LogP contribution in [0.15, 0.2) is 6.20 Å². The minimum absolute atomic E-state index is 0.199. The Kier molecular flexibility index (Phi) is 6.42. The van der Waals surface area contributed by atoms with Crippen LogP contribution in [0.1, 0.15) is 51.0 Å². The summed E-state index contributed by atoms with van der Waals surface area (Å²) < 4.78 is 11.2. The van der Waals surface area contributed by atoms with Crippen LogP contribution >= 0.6 is 0 Å². The van der Waals surface area contributed by atoms with Crippen LogP contribution in [0.4, 0.5) is 11.8 Å². The van der Waals surface area contributed by atoms with Crippen LogP contribution in [-0.2, 0) is 9.47 Å². The molecule has 1 aliphatic heterocycles. The van der Waals surface area contributed by atoms with Crippen LogP contribution < -0.4 is 10.6 Å². The maximum Gasteiger partial charge on any atom is 0.224 e. The highest BCUT2D eigenvalue weighted by Gasteiger charge is 2.22. The maximum absolute atomic E-state index is 9.30. The summed E-state index contributed by atoms with van der Waals surface area (Å²) in [6, 6.07) is 2.72. The normalized spacial score (nSPS) is 26.6. The van der Waals surface area contributed by atoms with Crippen molar-refractivity contribution >= 4 is 11.8 Å². The zero-order valence-electron chi connectivity index (χ0n) is 14.8. The molecule has 1 saturated carbocycles. The van der Waals surface area contributed by atoms with Crippen molar-refractivity contribution in [1.82, 2.24) is 9.97 Å². The van der Waals surface area contributed by atoms with Crippen molar-refractivity contribution in [2.45, 2.75) is 63.6 Å². The largest absolute Gasteiger partial charge is 0.379 e. The first-order chi connectivity index (χ1) is 12.3. The lowest BCUT2D eigenvalue weighted by Gasteiger charge is -2.29. The van der Waals surface area contributed by atoms with Crippen molar-refractivity contribution in [1.29, 1.82) is 5.26 Å². The number of anilines is 2. The average Bonchev–Trinajstić information content (AvgIpc) is 2.65. The Morgan fingerprint density at radius 3 is 2.76 bits per heavy atom. The number of hydrogen-bond donors (Lipinski definition) is 2. The molecular formula is C18H27N5O2. The monoisotopic (exact) mass is 345 g/mol. The molecule has 1 aromatic heterocycles. The van der Waals surface area contributed by atoms with Gasteiger partial charge in [0, 0.05) is 19.3 Å². The van der Waals surface area contributed by atoms with Gasteiger partial charge in [-0.1, -0.05) is 0 Å². The van der Waals surface area contributed by atoms with Gasteiger partial charge in [0.25, 0.3) is 0 Å². The van der Waals surface area contributed by atoms with E-state index in [1.165, 1.54) is 0 Å². The van der Waals surface area contributed by atoms with E-state index >= 15 is 0 Å². The zero-order valence-corrected chi connectivity index (χ0v) is 14.8. The molecule has 7 nitrogen and oxygen atoms in total. The number of nitrogens with one attached hydrogen (secondary N) is 2. The average molecular weight is 345 g/mol. The number of nitriles is 1. The fraction of sp³-hybridized carbons (Fsp3) is 0.722. The third-order valence-electron chi connectivity index (χ3n) is 4.82. The molecule has 1 atom stereocenters.